The average molecular weight is 637 g/mol. The third-order valence-electron chi connectivity index (χ3n) is 10.1. The summed E-state index contributed by atoms with van der Waals surface area (Å²) in [5.41, 5.74) is 9.39. The number of rotatable bonds is 6. The van der Waals surface area contributed by atoms with E-state index in [0.717, 1.165) is 52.3 Å². The summed E-state index contributed by atoms with van der Waals surface area (Å²) in [6.45, 7) is 4.23. The second-order valence-corrected chi connectivity index (χ2v) is 15.3. The summed E-state index contributed by atoms with van der Waals surface area (Å²) >= 11 is 6.56. The van der Waals surface area contributed by atoms with Gasteiger partial charge in [0.15, 0.2) is 5.82 Å². The van der Waals surface area contributed by atoms with Crippen LogP contribution in [-0.4, -0.2) is 104 Å². The fourth-order valence-electron chi connectivity index (χ4n) is 7.54. The highest BCUT2D eigenvalue weighted by atomic mass is 35.5. The van der Waals surface area contributed by atoms with Gasteiger partial charge in [0, 0.05) is 68.2 Å². The predicted octanol–water partition coefficient (Wildman–Crippen LogP) is 3.22. The molecule has 0 spiro atoms. The standard InChI is InChI=1S/C30H37ClN10O2S/c1-37-21-3-4-22(37)17-40(16-21)20-7-9-39(10-8-20)30-27-24(11-19(32)12-26(27)36-38(30)2)29-33-14-25(31)28(35-29)18-13-34-41(15-18)44(42,43)23-5-6-23/h11-15,20-23H,3-10,16-17,32H2,1-2H3. The Labute approximate surface area is 261 Å². The lowest BCUT2D eigenvalue weighted by atomic mass is 10.00. The monoisotopic (exact) mass is 636 g/mol. The van der Waals surface area contributed by atoms with Crippen LogP contribution in [0.1, 0.15) is 38.5 Å². The van der Waals surface area contributed by atoms with Crippen LogP contribution in [-0.2, 0) is 17.1 Å². The molecule has 8 rings (SSSR count). The van der Waals surface area contributed by atoms with Crippen LogP contribution in [0.25, 0.3) is 33.5 Å². The van der Waals surface area contributed by atoms with Gasteiger partial charge >= 0.3 is 0 Å². The van der Waals surface area contributed by atoms with E-state index in [1.807, 2.05) is 23.9 Å². The van der Waals surface area contributed by atoms with E-state index in [-0.39, 0.29) is 5.25 Å². The molecule has 2 unspecified atom stereocenters. The Bertz CT molecular complexity index is 1850. The number of nitrogen functional groups attached to an aromatic ring is 1. The van der Waals surface area contributed by atoms with Crippen LogP contribution < -0.4 is 10.6 Å². The third-order valence-corrected chi connectivity index (χ3v) is 12.4. The normalized spacial score (nSPS) is 23.7. The van der Waals surface area contributed by atoms with Crippen LogP contribution in [0, 0.1) is 0 Å². The minimum absolute atomic E-state index is 0.308. The number of nitrogens with two attached hydrogens (primary N) is 1. The zero-order valence-electron chi connectivity index (χ0n) is 25.0. The Morgan fingerprint density at radius 1 is 0.955 bits per heavy atom. The minimum atomic E-state index is -3.51. The van der Waals surface area contributed by atoms with E-state index >= 15 is 0 Å². The summed E-state index contributed by atoms with van der Waals surface area (Å²) in [5.74, 6) is 1.46. The van der Waals surface area contributed by atoms with Gasteiger partial charge in [-0.15, -0.1) is 0 Å². The van der Waals surface area contributed by atoms with Gasteiger partial charge < -0.3 is 10.6 Å². The zero-order valence-corrected chi connectivity index (χ0v) is 26.5. The van der Waals surface area contributed by atoms with Gasteiger partial charge in [0.1, 0.15) is 5.82 Å². The molecule has 232 valence electrons. The third kappa shape index (κ3) is 4.67. The quantitative estimate of drug-likeness (QED) is 0.315. The largest absolute Gasteiger partial charge is 0.399 e. The van der Waals surface area contributed by atoms with Crippen molar-refractivity contribution in [1.29, 1.82) is 0 Å². The molecule has 4 fully saturated rings. The molecule has 4 aromatic rings. The van der Waals surface area contributed by atoms with Crippen molar-refractivity contribution in [3.63, 3.8) is 0 Å². The number of hydrogen-bond acceptors (Lipinski definition) is 10. The van der Waals surface area contributed by atoms with Crippen LogP contribution >= 0.6 is 11.6 Å². The summed E-state index contributed by atoms with van der Waals surface area (Å²) in [4.78, 5) is 17.2. The second kappa shape index (κ2) is 10.4. The second-order valence-electron chi connectivity index (χ2n) is 12.9. The number of aromatic nitrogens is 6. The number of benzene rings is 1. The Morgan fingerprint density at radius 2 is 1.68 bits per heavy atom. The van der Waals surface area contributed by atoms with Gasteiger partial charge in [-0.3, -0.25) is 14.5 Å². The molecule has 3 saturated heterocycles. The average Bonchev–Trinajstić information content (AvgIpc) is 3.62. The molecule has 44 heavy (non-hydrogen) atoms. The Balaban J connectivity index is 1.11. The number of anilines is 2. The van der Waals surface area contributed by atoms with Crippen LogP contribution in [0.15, 0.2) is 30.7 Å². The highest BCUT2D eigenvalue weighted by Gasteiger charge is 2.41. The van der Waals surface area contributed by atoms with Gasteiger partial charge in [-0.05, 0) is 57.7 Å². The highest BCUT2D eigenvalue weighted by Crippen LogP contribution is 2.39. The van der Waals surface area contributed by atoms with Crippen molar-refractivity contribution in [3.8, 4) is 22.6 Å². The Morgan fingerprint density at radius 3 is 2.39 bits per heavy atom. The fraction of sp³-hybridized carbons (Fsp3) is 0.533. The van der Waals surface area contributed by atoms with Gasteiger partial charge in [-0.1, -0.05) is 11.6 Å². The van der Waals surface area contributed by atoms with E-state index < -0.39 is 10.0 Å². The fourth-order valence-corrected chi connectivity index (χ4v) is 9.22. The number of piperazine rings is 1. The molecule has 6 heterocycles. The number of hydrogen-bond donors (Lipinski definition) is 1. The summed E-state index contributed by atoms with van der Waals surface area (Å²) in [7, 11) is 0.753. The maximum atomic E-state index is 12.7. The molecule has 2 atom stereocenters. The molecular formula is C30H37ClN10O2S. The van der Waals surface area contributed by atoms with Crippen molar-refractivity contribution in [1.82, 2.24) is 38.7 Å². The molecule has 3 aliphatic heterocycles. The summed E-state index contributed by atoms with van der Waals surface area (Å²) in [6.07, 6.45) is 10.7. The summed E-state index contributed by atoms with van der Waals surface area (Å²) < 4.78 is 28.5. The molecule has 0 amide bonds. The Hall–Kier alpha value is -3.26. The lowest BCUT2D eigenvalue weighted by molar-refractivity contribution is 0.0495. The molecule has 2 N–H and O–H groups in total. The van der Waals surface area contributed by atoms with Gasteiger partial charge in [-0.2, -0.15) is 14.3 Å². The summed E-state index contributed by atoms with van der Waals surface area (Å²) in [5, 5.41) is 9.85. The van der Waals surface area contributed by atoms with Crippen molar-refractivity contribution in [3.05, 3.63) is 35.7 Å². The first-order chi connectivity index (χ1) is 21.2. The minimum Gasteiger partial charge on any atom is -0.399 e. The lowest BCUT2D eigenvalue weighted by Gasteiger charge is -2.45. The number of nitrogens with zero attached hydrogens (tertiary/aromatic N) is 9. The van der Waals surface area contributed by atoms with Crippen molar-refractivity contribution < 1.29 is 8.42 Å². The van der Waals surface area contributed by atoms with Crippen LogP contribution in [0.3, 0.4) is 0 Å². The van der Waals surface area contributed by atoms with Crippen molar-refractivity contribution >= 4 is 44.0 Å². The first-order valence-corrected chi connectivity index (χ1v) is 17.3. The predicted molar refractivity (Wildman–Crippen MR) is 171 cm³/mol. The number of likely N-dealkylation sites (N-methyl/N-ethyl adjacent to an activating group) is 1. The van der Waals surface area contributed by atoms with Gasteiger partial charge in [-0.25, -0.2) is 18.4 Å². The van der Waals surface area contributed by atoms with E-state index in [1.54, 1.807) is 6.20 Å². The molecule has 2 bridgehead atoms. The van der Waals surface area contributed by atoms with E-state index in [0.29, 0.717) is 58.8 Å². The highest BCUT2D eigenvalue weighted by molar-refractivity contribution is 7.90. The molecule has 12 nitrogen and oxygen atoms in total. The number of fused-ring (bicyclic) bond motifs is 3. The molecular weight excluding hydrogens is 600 g/mol. The van der Waals surface area contributed by atoms with Crippen molar-refractivity contribution in [2.45, 2.75) is 61.9 Å². The van der Waals surface area contributed by atoms with E-state index in [2.05, 4.69) is 31.8 Å². The molecule has 14 heteroatoms. The summed E-state index contributed by atoms with van der Waals surface area (Å²) in [6, 6.07) is 5.76. The molecule has 3 aromatic heterocycles. The van der Waals surface area contributed by atoms with Crippen LogP contribution in [0.5, 0.6) is 0 Å². The number of halogens is 1. The molecule has 4 aliphatic rings. The van der Waals surface area contributed by atoms with Gasteiger partial charge in [0.05, 0.1) is 45.5 Å². The van der Waals surface area contributed by atoms with Crippen LogP contribution in [0.2, 0.25) is 5.02 Å². The maximum Gasteiger partial charge on any atom is 0.256 e. The first-order valence-electron chi connectivity index (χ1n) is 15.5. The van der Waals surface area contributed by atoms with E-state index in [1.165, 1.54) is 38.3 Å². The molecule has 1 aliphatic carbocycles. The van der Waals surface area contributed by atoms with Crippen molar-refractivity contribution in [2.24, 2.45) is 7.05 Å². The van der Waals surface area contributed by atoms with Crippen LogP contribution in [0.4, 0.5) is 11.5 Å². The maximum absolute atomic E-state index is 12.7. The molecule has 0 radical (unpaired) electrons. The van der Waals surface area contributed by atoms with E-state index in [4.69, 9.17) is 27.4 Å². The number of piperidine rings is 1. The number of aryl methyl sites for hydroxylation is 1. The SMILES string of the molecule is CN1C2CCC1CN(C1CCN(c3c4c(-c5ncc(Cl)c(-c6cnn(S(=O)(=O)C7CC7)c6)n5)cc(N)cc4nn3C)CC1)C2. The lowest BCUT2D eigenvalue weighted by Crippen LogP contribution is -2.57. The molecule has 1 saturated carbocycles. The molecule has 1 aromatic carbocycles. The van der Waals surface area contributed by atoms with Gasteiger partial charge in [0.25, 0.3) is 10.0 Å². The first kappa shape index (κ1) is 28.2. The zero-order chi connectivity index (χ0) is 30.3. The Kier molecular flexibility index (Phi) is 6.67. The van der Waals surface area contributed by atoms with Crippen molar-refractivity contribution in [2.75, 3.05) is 43.9 Å². The smallest absolute Gasteiger partial charge is 0.256 e. The van der Waals surface area contributed by atoms with E-state index in [9.17, 15) is 8.42 Å². The van der Waals surface area contributed by atoms with Gasteiger partial charge in [0.2, 0.25) is 0 Å². The number of likely N-dealkylation sites (tertiary alicyclic amines) is 1. The topological polar surface area (TPSA) is 131 Å².